The molecule has 2 heterocycles. The van der Waals surface area contributed by atoms with Crippen LogP contribution in [0.5, 0.6) is 0 Å². The lowest BCUT2D eigenvalue weighted by Gasteiger charge is -2.48. The highest BCUT2D eigenvalue weighted by Crippen LogP contribution is 2.34. The van der Waals surface area contributed by atoms with Crippen LogP contribution in [0.1, 0.15) is 50.2 Å². The minimum absolute atomic E-state index is 0.421. The molecule has 0 amide bonds. The summed E-state index contributed by atoms with van der Waals surface area (Å²) in [5, 5.41) is 7.38. The maximum Gasteiger partial charge on any atom is 0.0940 e. The second kappa shape index (κ2) is 6.35. The number of aromatic nitrogens is 1. The van der Waals surface area contributed by atoms with E-state index < -0.39 is 0 Å². The fourth-order valence-electron chi connectivity index (χ4n) is 4.06. The van der Waals surface area contributed by atoms with Crippen molar-refractivity contribution in [1.29, 1.82) is 0 Å². The number of thiazole rings is 1. The Bertz CT molecular complexity index is 462. The minimum Gasteiger partial charge on any atom is -0.308 e. The smallest absolute Gasteiger partial charge is 0.0940 e. The fraction of sp³-hybridized carbons (Fsp3) is 0.824. The molecule has 1 aliphatic heterocycles. The van der Waals surface area contributed by atoms with E-state index in [0.29, 0.717) is 17.5 Å². The molecule has 1 aromatic rings. The number of piperazine rings is 1. The van der Waals surface area contributed by atoms with Crippen molar-refractivity contribution in [3.8, 4) is 0 Å². The first-order chi connectivity index (χ1) is 10.1. The predicted molar refractivity (Wildman–Crippen MR) is 90.0 cm³/mol. The number of hydrogen-bond donors (Lipinski definition) is 1. The summed E-state index contributed by atoms with van der Waals surface area (Å²) in [7, 11) is 0. The second-order valence-electron chi connectivity index (χ2n) is 7.28. The molecular formula is C17H29N3S. The molecule has 3 rings (SSSR count). The maximum absolute atomic E-state index is 4.63. The van der Waals surface area contributed by atoms with Crippen molar-refractivity contribution in [2.24, 2.45) is 5.92 Å². The van der Waals surface area contributed by atoms with Gasteiger partial charge in [-0.2, -0.15) is 0 Å². The Kier molecular flexibility index (Phi) is 4.67. The van der Waals surface area contributed by atoms with E-state index in [4.69, 9.17) is 0 Å². The summed E-state index contributed by atoms with van der Waals surface area (Å²) in [4.78, 5) is 7.38. The zero-order valence-electron chi connectivity index (χ0n) is 13.7. The fourth-order valence-corrected chi connectivity index (χ4v) is 4.82. The van der Waals surface area contributed by atoms with Gasteiger partial charge in [0, 0.05) is 48.7 Å². The van der Waals surface area contributed by atoms with E-state index in [0.717, 1.165) is 13.0 Å². The first-order valence-electron chi connectivity index (χ1n) is 8.48. The molecule has 3 nitrogen and oxygen atoms in total. The average Bonchev–Trinajstić information content (AvgIpc) is 3.06. The Morgan fingerprint density at radius 1 is 1.43 bits per heavy atom. The van der Waals surface area contributed by atoms with E-state index in [-0.39, 0.29) is 0 Å². The number of nitrogens with zero attached hydrogens (tertiary/aromatic N) is 2. The summed E-state index contributed by atoms with van der Waals surface area (Å²) < 4.78 is 0. The van der Waals surface area contributed by atoms with Crippen molar-refractivity contribution < 1.29 is 0 Å². The molecule has 1 spiro atoms. The molecule has 2 aliphatic rings. The van der Waals surface area contributed by atoms with Crippen LogP contribution in [0.3, 0.4) is 0 Å². The van der Waals surface area contributed by atoms with Crippen LogP contribution < -0.4 is 5.32 Å². The van der Waals surface area contributed by atoms with Crippen molar-refractivity contribution in [3.05, 3.63) is 16.1 Å². The number of rotatable bonds is 4. The quantitative estimate of drug-likeness (QED) is 0.925. The molecule has 2 fully saturated rings. The Morgan fingerprint density at radius 2 is 2.19 bits per heavy atom. The third-order valence-electron chi connectivity index (χ3n) is 5.27. The molecule has 0 radical (unpaired) electrons. The van der Waals surface area contributed by atoms with Gasteiger partial charge in [0.05, 0.1) is 5.01 Å². The van der Waals surface area contributed by atoms with E-state index in [2.05, 4.69) is 41.4 Å². The summed E-state index contributed by atoms with van der Waals surface area (Å²) in [6.45, 7) is 10.4. The van der Waals surface area contributed by atoms with Gasteiger partial charge in [-0.05, 0) is 25.7 Å². The van der Waals surface area contributed by atoms with E-state index in [1.165, 1.54) is 49.5 Å². The Hall–Kier alpha value is -0.450. The molecular weight excluding hydrogens is 278 g/mol. The van der Waals surface area contributed by atoms with E-state index in [9.17, 15) is 0 Å². The van der Waals surface area contributed by atoms with Crippen LogP contribution >= 0.6 is 11.3 Å². The number of aryl methyl sites for hydroxylation is 1. The molecule has 1 unspecified atom stereocenters. The van der Waals surface area contributed by atoms with E-state index in [1.54, 1.807) is 0 Å². The zero-order chi connectivity index (χ0) is 14.9. The van der Waals surface area contributed by atoms with Gasteiger partial charge in [0.1, 0.15) is 0 Å². The van der Waals surface area contributed by atoms with Gasteiger partial charge in [-0.25, -0.2) is 4.98 Å². The van der Waals surface area contributed by atoms with Crippen LogP contribution in [0.15, 0.2) is 5.38 Å². The third kappa shape index (κ3) is 3.49. The molecule has 4 heteroatoms. The van der Waals surface area contributed by atoms with Gasteiger partial charge >= 0.3 is 0 Å². The van der Waals surface area contributed by atoms with Gasteiger partial charge in [-0.15, -0.1) is 11.3 Å². The Labute approximate surface area is 133 Å². The zero-order valence-corrected chi connectivity index (χ0v) is 14.5. The van der Waals surface area contributed by atoms with E-state index in [1.807, 2.05) is 11.3 Å². The highest BCUT2D eigenvalue weighted by Gasteiger charge is 2.41. The minimum atomic E-state index is 0.421. The lowest BCUT2D eigenvalue weighted by molar-refractivity contribution is 0.0580. The number of hydrogen-bond acceptors (Lipinski definition) is 4. The third-order valence-corrected chi connectivity index (χ3v) is 6.30. The predicted octanol–water partition coefficient (Wildman–Crippen LogP) is 3.24. The van der Waals surface area contributed by atoms with E-state index >= 15 is 0 Å². The van der Waals surface area contributed by atoms with Crippen LogP contribution in [0.4, 0.5) is 0 Å². The summed E-state index contributed by atoms with van der Waals surface area (Å²) in [6.07, 6.45) is 6.64. The van der Waals surface area contributed by atoms with Gasteiger partial charge < -0.3 is 5.32 Å². The number of nitrogens with one attached hydrogen (secondary N) is 1. The summed E-state index contributed by atoms with van der Waals surface area (Å²) in [5.74, 6) is 0.717. The average molecular weight is 308 g/mol. The summed E-state index contributed by atoms with van der Waals surface area (Å²) >= 11 is 1.82. The Balaban J connectivity index is 1.65. The lowest BCUT2D eigenvalue weighted by atomic mass is 9.89. The van der Waals surface area contributed by atoms with Crippen molar-refractivity contribution >= 4 is 11.3 Å². The normalized spacial score (nSPS) is 26.0. The molecule has 1 saturated heterocycles. The first kappa shape index (κ1) is 15.4. The lowest BCUT2D eigenvalue weighted by Crippen LogP contribution is -2.64. The van der Waals surface area contributed by atoms with Crippen LogP contribution in [-0.2, 0) is 6.42 Å². The molecule has 0 aromatic carbocycles. The molecule has 1 aromatic heterocycles. The van der Waals surface area contributed by atoms with Gasteiger partial charge in [-0.1, -0.05) is 26.7 Å². The second-order valence-corrected chi connectivity index (χ2v) is 8.23. The van der Waals surface area contributed by atoms with Crippen LogP contribution in [0.2, 0.25) is 0 Å². The molecule has 0 bridgehead atoms. The first-order valence-corrected chi connectivity index (χ1v) is 9.36. The summed E-state index contributed by atoms with van der Waals surface area (Å²) in [5.41, 5.74) is 1.59. The standard InChI is InChI=1S/C17H29N3S/c1-13(2)15-10-18-17(7-4-5-8-17)12-20(15)9-6-16-19-14(3)11-21-16/h11,13,15,18H,4-10,12H2,1-3H3. The van der Waals surface area contributed by atoms with Crippen molar-refractivity contribution in [1.82, 2.24) is 15.2 Å². The molecule has 1 N–H and O–H groups in total. The van der Waals surface area contributed by atoms with Gasteiger partial charge in [0.25, 0.3) is 0 Å². The topological polar surface area (TPSA) is 28.2 Å². The monoisotopic (exact) mass is 307 g/mol. The SMILES string of the molecule is Cc1csc(CCN2CC3(CCCC3)NCC2C(C)C)n1. The van der Waals surface area contributed by atoms with Gasteiger partial charge in [-0.3, -0.25) is 4.90 Å². The highest BCUT2D eigenvalue weighted by atomic mass is 32.1. The van der Waals surface area contributed by atoms with Crippen LogP contribution in [-0.4, -0.2) is 41.1 Å². The van der Waals surface area contributed by atoms with Crippen molar-refractivity contribution in [2.45, 2.75) is 64.5 Å². The van der Waals surface area contributed by atoms with Crippen LogP contribution in [0.25, 0.3) is 0 Å². The molecule has 21 heavy (non-hydrogen) atoms. The van der Waals surface area contributed by atoms with Gasteiger partial charge in [0.2, 0.25) is 0 Å². The molecule has 1 saturated carbocycles. The molecule has 1 atom stereocenters. The Morgan fingerprint density at radius 3 is 2.81 bits per heavy atom. The van der Waals surface area contributed by atoms with Crippen molar-refractivity contribution in [3.63, 3.8) is 0 Å². The van der Waals surface area contributed by atoms with Crippen LogP contribution in [0, 0.1) is 12.8 Å². The molecule has 1 aliphatic carbocycles. The van der Waals surface area contributed by atoms with Gasteiger partial charge in [0.15, 0.2) is 0 Å². The molecule has 118 valence electrons. The highest BCUT2D eigenvalue weighted by molar-refractivity contribution is 7.09. The summed E-state index contributed by atoms with van der Waals surface area (Å²) in [6, 6.07) is 0.678. The largest absolute Gasteiger partial charge is 0.308 e. The maximum atomic E-state index is 4.63. The van der Waals surface area contributed by atoms with Crippen molar-refractivity contribution in [2.75, 3.05) is 19.6 Å².